The van der Waals surface area contributed by atoms with Crippen LogP contribution < -0.4 is 11.1 Å². The molecule has 9 heteroatoms. The lowest BCUT2D eigenvalue weighted by atomic mass is 10.0. The number of oxazole rings is 1. The average Bonchev–Trinajstić information content (AvgIpc) is 2.98. The Hall–Kier alpha value is -3.10. The first-order chi connectivity index (χ1) is 13.3. The van der Waals surface area contributed by atoms with E-state index in [2.05, 4.69) is 10.1 Å². The van der Waals surface area contributed by atoms with Crippen LogP contribution in [0.3, 0.4) is 0 Å². The van der Waals surface area contributed by atoms with E-state index in [0.717, 1.165) is 0 Å². The van der Waals surface area contributed by atoms with E-state index in [1.807, 2.05) is 13.8 Å². The number of rotatable bonds is 9. The van der Waals surface area contributed by atoms with E-state index in [-0.39, 0.29) is 18.9 Å². The maximum atomic E-state index is 12.0. The lowest BCUT2D eigenvalue weighted by molar-refractivity contribution is -0.150. The predicted molar refractivity (Wildman–Crippen MR) is 99.5 cm³/mol. The number of fused-ring (bicyclic) bond motifs is 1. The smallest absolute Gasteiger partial charge is 0.419 e. The fraction of sp³-hybridized carbons (Fsp3) is 0.474. The third kappa shape index (κ3) is 5.70. The van der Waals surface area contributed by atoms with Crippen molar-refractivity contribution in [3.8, 4) is 0 Å². The summed E-state index contributed by atoms with van der Waals surface area (Å²) in [5, 5.41) is 2.50. The predicted octanol–water partition coefficient (Wildman–Crippen LogP) is 1.23. The van der Waals surface area contributed by atoms with E-state index in [9.17, 15) is 19.2 Å². The van der Waals surface area contributed by atoms with Gasteiger partial charge in [0.25, 0.3) is 5.91 Å². The summed E-state index contributed by atoms with van der Waals surface area (Å²) >= 11 is 0. The van der Waals surface area contributed by atoms with Crippen LogP contribution in [0.25, 0.3) is 11.1 Å². The van der Waals surface area contributed by atoms with Gasteiger partial charge in [-0.2, -0.15) is 0 Å². The number of methoxy groups -OCH3 is 1. The highest BCUT2D eigenvalue weighted by Gasteiger charge is 2.23. The number of ether oxygens (including phenoxy) is 2. The van der Waals surface area contributed by atoms with E-state index in [1.165, 1.54) is 11.7 Å². The molecule has 0 aliphatic rings. The van der Waals surface area contributed by atoms with Crippen molar-refractivity contribution in [2.45, 2.75) is 39.3 Å². The van der Waals surface area contributed by atoms with Gasteiger partial charge in [-0.25, -0.2) is 9.59 Å². The number of benzene rings is 1. The molecule has 0 bridgehead atoms. The molecule has 1 aromatic heterocycles. The van der Waals surface area contributed by atoms with Crippen LogP contribution in [0.1, 0.15) is 26.7 Å². The van der Waals surface area contributed by atoms with Gasteiger partial charge >= 0.3 is 17.7 Å². The van der Waals surface area contributed by atoms with Crippen molar-refractivity contribution >= 4 is 28.9 Å². The molecule has 0 unspecified atom stereocenters. The zero-order valence-corrected chi connectivity index (χ0v) is 16.1. The van der Waals surface area contributed by atoms with Gasteiger partial charge in [0, 0.05) is 6.54 Å². The van der Waals surface area contributed by atoms with Crippen molar-refractivity contribution in [1.29, 1.82) is 0 Å². The SMILES string of the molecule is COC(=O)[C@H](CC(C)C)NC(=O)COC(=O)CCn1c(=O)oc2ccccc21. The number of carbonyl (C=O) groups excluding carboxylic acids is 3. The van der Waals surface area contributed by atoms with Gasteiger partial charge in [-0.3, -0.25) is 14.2 Å². The van der Waals surface area contributed by atoms with Gasteiger partial charge in [-0.15, -0.1) is 0 Å². The standard InChI is InChI=1S/C19H24N2O7/c1-12(2)10-13(18(24)26-3)20-16(22)11-27-17(23)8-9-21-14-6-4-5-7-15(14)28-19(21)25/h4-7,12-13H,8-11H2,1-3H3,(H,20,22)/t13-/m0/s1. The Labute approximate surface area is 161 Å². The lowest BCUT2D eigenvalue weighted by Gasteiger charge is -2.18. The van der Waals surface area contributed by atoms with Gasteiger partial charge in [-0.1, -0.05) is 26.0 Å². The first-order valence-corrected chi connectivity index (χ1v) is 8.93. The molecule has 1 aromatic carbocycles. The highest BCUT2D eigenvalue weighted by atomic mass is 16.5. The minimum Gasteiger partial charge on any atom is -0.467 e. The molecule has 0 fully saturated rings. The number of amides is 1. The van der Waals surface area contributed by atoms with Gasteiger partial charge < -0.3 is 19.2 Å². The second kappa shape index (κ2) is 9.72. The topological polar surface area (TPSA) is 117 Å². The molecule has 0 saturated heterocycles. The van der Waals surface area contributed by atoms with Gasteiger partial charge in [0.05, 0.1) is 19.0 Å². The van der Waals surface area contributed by atoms with Crippen LogP contribution in [0.4, 0.5) is 0 Å². The summed E-state index contributed by atoms with van der Waals surface area (Å²) in [6.07, 6.45) is 0.298. The van der Waals surface area contributed by atoms with E-state index >= 15 is 0 Å². The number of nitrogens with zero attached hydrogens (tertiary/aromatic N) is 1. The van der Waals surface area contributed by atoms with E-state index in [0.29, 0.717) is 17.5 Å². The zero-order valence-electron chi connectivity index (χ0n) is 16.1. The maximum absolute atomic E-state index is 12.0. The molecule has 2 rings (SSSR count). The molecule has 1 amide bonds. The molecule has 2 aromatic rings. The van der Waals surface area contributed by atoms with Crippen LogP contribution >= 0.6 is 0 Å². The second-order valence-electron chi connectivity index (χ2n) is 6.67. The molecule has 1 heterocycles. The summed E-state index contributed by atoms with van der Waals surface area (Å²) in [6.45, 7) is 3.35. The summed E-state index contributed by atoms with van der Waals surface area (Å²) in [6, 6.07) is 6.06. The molecular weight excluding hydrogens is 368 g/mol. The summed E-state index contributed by atoms with van der Waals surface area (Å²) < 4.78 is 16.0. The van der Waals surface area contributed by atoms with E-state index in [4.69, 9.17) is 9.15 Å². The molecule has 0 aliphatic carbocycles. The number of carbonyl (C=O) groups is 3. The molecule has 0 aliphatic heterocycles. The van der Waals surface area contributed by atoms with Crippen molar-refractivity contribution in [2.24, 2.45) is 5.92 Å². The molecular formula is C19H24N2O7. The Bertz CT molecular complexity index is 897. The number of hydrogen-bond donors (Lipinski definition) is 1. The van der Waals surface area contributed by atoms with Gasteiger partial charge in [0.2, 0.25) is 0 Å². The summed E-state index contributed by atoms with van der Waals surface area (Å²) in [5.74, 6) is -2.21. The highest BCUT2D eigenvalue weighted by Crippen LogP contribution is 2.12. The number of esters is 2. The second-order valence-corrected chi connectivity index (χ2v) is 6.67. The Morgan fingerprint density at radius 3 is 2.61 bits per heavy atom. The quantitative estimate of drug-likeness (QED) is 0.638. The molecule has 28 heavy (non-hydrogen) atoms. The zero-order chi connectivity index (χ0) is 20.7. The van der Waals surface area contributed by atoms with Crippen LogP contribution in [0, 0.1) is 5.92 Å². The molecule has 1 N–H and O–H groups in total. The van der Waals surface area contributed by atoms with Crippen molar-refractivity contribution < 1.29 is 28.3 Å². The van der Waals surface area contributed by atoms with Crippen molar-refractivity contribution in [1.82, 2.24) is 9.88 Å². The van der Waals surface area contributed by atoms with Crippen molar-refractivity contribution in [3.63, 3.8) is 0 Å². The first-order valence-electron chi connectivity index (χ1n) is 8.93. The van der Waals surface area contributed by atoms with Gasteiger partial charge in [-0.05, 0) is 24.5 Å². The number of aryl methyl sites for hydroxylation is 1. The Morgan fingerprint density at radius 1 is 1.21 bits per heavy atom. The normalized spacial score (nSPS) is 12.0. The average molecular weight is 392 g/mol. The first kappa shape index (κ1) is 21.2. The van der Waals surface area contributed by atoms with Crippen LogP contribution in [0.2, 0.25) is 0 Å². The third-order valence-corrected chi connectivity index (χ3v) is 4.01. The highest BCUT2D eigenvalue weighted by molar-refractivity contribution is 5.86. The minimum atomic E-state index is -0.799. The van der Waals surface area contributed by atoms with E-state index < -0.39 is 36.3 Å². The Balaban J connectivity index is 1.84. The summed E-state index contributed by atoms with van der Waals surface area (Å²) in [5.41, 5.74) is 1.01. The molecule has 0 radical (unpaired) electrons. The number of hydrogen-bond acceptors (Lipinski definition) is 7. The van der Waals surface area contributed by atoms with Crippen molar-refractivity contribution in [2.75, 3.05) is 13.7 Å². The van der Waals surface area contributed by atoms with E-state index in [1.54, 1.807) is 24.3 Å². The number of nitrogens with one attached hydrogen (secondary N) is 1. The molecule has 152 valence electrons. The summed E-state index contributed by atoms with van der Waals surface area (Å²) in [4.78, 5) is 47.4. The molecule has 0 spiro atoms. The largest absolute Gasteiger partial charge is 0.467 e. The van der Waals surface area contributed by atoms with Crippen LogP contribution in [-0.2, 0) is 30.4 Å². The Morgan fingerprint density at radius 2 is 1.93 bits per heavy atom. The van der Waals surface area contributed by atoms with Gasteiger partial charge in [0.15, 0.2) is 12.2 Å². The molecule has 1 atom stereocenters. The monoisotopic (exact) mass is 392 g/mol. The minimum absolute atomic E-state index is 0.0639. The summed E-state index contributed by atoms with van der Waals surface area (Å²) in [7, 11) is 1.24. The molecule has 0 saturated carbocycles. The van der Waals surface area contributed by atoms with Crippen LogP contribution in [0.15, 0.2) is 33.5 Å². The Kier molecular flexibility index (Phi) is 7.36. The van der Waals surface area contributed by atoms with Gasteiger partial charge in [0.1, 0.15) is 6.04 Å². The number of para-hydroxylation sites is 2. The fourth-order valence-electron chi connectivity index (χ4n) is 2.71. The lowest BCUT2D eigenvalue weighted by Crippen LogP contribution is -2.44. The molecule has 9 nitrogen and oxygen atoms in total. The fourth-order valence-corrected chi connectivity index (χ4v) is 2.71. The van der Waals surface area contributed by atoms with Crippen LogP contribution in [0.5, 0.6) is 0 Å². The van der Waals surface area contributed by atoms with Crippen LogP contribution in [-0.4, -0.2) is 42.2 Å². The number of aromatic nitrogens is 1. The third-order valence-electron chi connectivity index (χ3n) is 4.01. The van der Waals surface area contributed by atoms with Crippen molar-refractivity contribution in [3.05, 3.63) is 34.8 Å². The maximum Gasteiger partial charge on any atom is 0.419 e.